The Balaban J connectivity index is 0.000000826. The summed E-state index contributed by atoms with van der Waals surface area (Å²) in [4.78, 5) is 26.7. The van der Waals surface area contributed by atoms with E-state index in [9.17, 15) is 19.6 Å². The lowest BCUT2D eigenvalue weighted by atomic mass is 10.0. The topological polar surface area (TPSA) is 153 Å². The lowest BCUT2D eigenvalue weighted by Gasteiger charge is -2.31. The van der Waals surface area contributed by atoms with E-state index in [1.54, 1.807) is 6.07 Å². The first-order chi connectivity index (χ1) is 18.7. The number of aliphatic carboxylic acids is 2. The van der Waals surface area contributed by atoms with Gasteiger partial charge in [0, 0.05) is 42.9 Å². The van der Waals surface area contributed by atoms with Crippen LogP contribution in [-0.4, -0.2) is 57.6 Å². The highest BCUT2D eigenvalue weighted by molar-refractivity contribution is 5.71. The van der Waals surface area contributed by atoms with E-state index in [1.165, 1.54) is 0 Å². The van der Waals surface area contributed by atoms with Crippen molar-refractivity contribution in [2.75, 3.05) is 23.3 Å². The van der Waals surface area contributed by atoms with Crippen LogP contribution in [0, 0.1) is 17.2 Å². The van der Waals surface area contributed by atoms with Crippen molar-refractivity contribution in [3.05, 3.63) is 48.0 Å². The van der Waals surface area contributed by atoms with Gasteiger partial charge in [-0.15, -0.1) is 0 Å². The van der Waals surface area contributed by atoms with Gasteiger partial charge < -0.3 is 25.0 Å². The zero-order valence-corrected chi connectivity index (χ0v) is 21.5. The minimum atomic E-state index is -0.833. The minimum Gasteiger partial charge on any atom is -0.481 e. The van der Waals surface area contributed by atoms with Crippen LogP contribution in [-0.2, 0) is 9.59 Å². The fourth-order valence-electron chi connectivity index (χ4n) is 4.87. The molecule has 39 heavy (non-hydrogen) atoms. The van der Waals surface area contributed by atoms with E-state index >= 15 is 0 Å². The Labute approximate surface area is 225 Å². The predicted octanol–water partition coefficient (Wildman–Crippen LogP) is 4.97. The number of halogens is 1. The maximum Gasteiger partial charge on any atom is 0.306 e. The average Bonchev–Trinajstić information content (AvgIpc) is 3.60. The van der Waals surface area contributed by atoms with Gasteiger partial charge in [0.15, 0.2) is 0 Å². The number of anilines is 2. The van der Waals surface area contributed by atoms with E-state index in [1.807, 2.05) is 41.3 Å². The van der Waals surface area contributed by atoms with Gasteiger partial charge in [0.1, 0.15) is 12.2 Å². The Morgan fingerprint density at radius 3 is 2.36 bits per heavy atom. The maximum atomic E-state index is 13.5. The van der Waals surface area contributed by atoms with Gasteiger partial charge in [-0.2, -0.15) is 10.2 Å². The van der Waals surface area contributed by atoms with Gasteiger partial charge >= 0.3 is 5.97 Å². The largest absolute Gasteiger partial charge is 0.481 e. The molecule has 2 aliphatic rings. The van der Waals surface area contributed by atoms with E-state index in [4.69, 9.17) is 14.4 Å². The van der Waals surface area contributed by atoms with Crippen molar-refractivity contribution in [3.63, 3.8) is 0 Å². The number of benzene rings is 2. The third-order valence-corrected chi connectivity index (χ3v) is 6.85. The van der Waals surface area contributed by atoms with E-state index in [-0.39, 0.29) is 12.0 Å². The second-order valence-corrected chi connectivity index (χ2v) is 9.71. The van der Waals surface area contributed by atoms with E-state index in [0.29, 0.717) is 61.6 Å². The number of carboxylic acid groups (broad SMARTS) is 2. The molecule has 2 fully saturated rings. The molecule has 1 saturated carbocycles. The van der Waals surface area contributed by atoms with Gasteiger partial charge in [-0.05, 0) is 74.6 Å². The van der Waals surface area contributed by atoms with Crippen LogP contribution in [0.15, 0.2) is 47.0 Å². The normalized spacial score (nSPS) is 19.1. The molecule has 2 heterocycles. The van der Waals surface area contributed by atoms with E-state index in [0.717, 1.165) is 30.3 Å². The lowest BCUT2D eigenvalue weighted by Crippen LogP contribution is -2.34. The van der Waals surface area contributed by atoms with Crippen LogP contribution < -0.4 is 10.2 Å². The molecule has 10 nitrogen and oxygen atoms in total. The maximum absolute atomic E-state index is 13.5. The first-order valence-electron chi connectivity index (χ1n) is 12.8. The summed E-state index contributed by atoms with van der Waals surface area (Å²) in [5.74, 6) is -1.08. The van der Waals surface area contributed by atoms with Gasteiger partial charge in [-0.1, -0.05) is 5.16 Å². The first-order valence-corrected chi connectivity index (χ1v) is 12.8. The van der Waals surface area contributed by atoms with Crippen LogP contribution in [0.3, 0.4) is 0 Å². The molecule has 2 atom stereocenters. The quantitative estimate of drug-likeness (QED) is 0.394. The number of alkyl halides is 1. The van der Waals surface area contributed by atoms with Crippen LogP contribution in [0.5, 0.6) is 0 Å². The molecule has 1 aliphatic heterocycles. The van der Waals surface area contributed by atoms with Crippen molar-refractivity contribution in [1.29, 1.82) is 5.26 Å². The highest BCUT2D eigenvalue weighted by atomic mass is 19.1. The molecule has 0 spiro atoms. The summed E-state index contributed by atoms with van der Waals surface area (Å²) >= 11 is 0. The van der Waals surface area contributed by atoms with Crippen molar-refractivity contribution in [3.8, 4) is 28.9 Å². The molecular weight excluding hydrogens is 505 g/mol. The second-order valence-electron chi connectivity index (χ2n) is 9.71. The molecular formula is C28H30FN5O5. The molecule has 2 aromatic carbocycles. The molecule has 5 rings (SSSR count). The molecule has 0 radical (unpaired) electrons. The SMILES string of the molecule is CC(=O)O.N#Cc1cc(-c2nc(-c3ccc(N[C@@H]4CC[C@H](C(=O)O)C4)cc3)no2)ccc1N1CCC(F)CC1. The van der Waals surface area contributed by atoms with Crippen LogP contribution in [0.4, 0.5) is 15.8 Å². The number of aromatic nitrogens is 2. The van der Waals surface area contributed by atoms with Gasteiger partial charge in [0.25, 0.3) is 11.9 Å². The summed E-state index contributed by atoms with van der Waals surface area (Å²) in [5, 5.41) is 33.8. The summed E-state index contributed by atoms with van der Waals surface area (Å²) in [7, 11) is 0. The smallest absolute Gasteiger partial charge is 0.306 e. The third kappa shape index (κ3) is 7.10. The van der Waals surface area contributed by atoms with Crippen LogP contribution in [0.25, 0.3) is 22.8 Å². The number of nitrogens with zero attached hydrogens (tertiary/aromatic N) is 4. The Hall–Kier alpha value is -4.46. The number of piperidine rings is 1. The minimum absolute atomic E-state index is 0.152. The Morgan fingerprint density at radius 1 is 1.08 bits per heavy atom. The highest BCUT2D eigenvalue weighted by Crippen LogP contribution is 2.31. The molecule has 0 bridgehead atoms. The van der Waals surface area contributed by atoms with Crippen molar-refractivity contribution < 1.29 is 28.7 Å². The van der Waals surface area contributed by atoms with Gasteiger partial charge in [-0.3, -0.25) is 9.59 Å². The highest BCUT2D eigenvalue weighted by Gasteiger charge is 2.29. The van der Waals surface area contributed by atoms with Crippen molar-refractivity contribution >= 4 is 23.3 Å². The van der Waals surface area contributed by atoms with Crippen molar-refractivity contribution in [2.24, 2.45) is 5.92 Å². The zero-order chi connectivity index (χ0) is 27.9. The number of nitriles is 1. The molecule has 1 aromatic heterocycles. The molecule has 1 aliphatic carbocycles. The number of carbonyl (C=O) groups is 2. The zero-order valence-electron chi connectivity index (χ0n) is 21.5. The molecule has 0 amide bonds. The Morgan fingerprint density at radius 2 is 1.74 bits per heavy atom. The third-order valence-electron chi connectivity index (χ3n) is 6.85. The number of hydrogen-bond acceptors (Lipinski definition) is 8. The van der Waals surface area contributed by atoms with Crippen LogP contribution in [0.2, 0.25) is 0 Å². The lowest BCUT2D eigenvalue weighted by molar-refractivity contribution is -0.141. The van der Waals surface area contributed by atoms with Crippen LogP contribution in [0.1, 0.15) is 44.6 Å². The molecule has 204 valence electrons. The van der Waals surface area contributed by atoms with Gasteiger partial charge in [-0.25, -0.2) is 4.39 Å². The average molecular weight is 536 g/mol. The first kappa shape index (κ1) is 27.6. The monoisotopic (exact) mass is 535 g/mol. The fourth-order valence-corrected chi connectivity index (χ4v) is 4.87. The number of carboxylic acids is 2. The summed E-state index contributed by atoms with van der Waals surface area (Å²) in [6.45, 7) is 2.26. The number of nitrogens with one attached hydrogen (secondary N) is 1. The summed E-state index contributed by atoms with van der Waals surface area (Å²) in [5.41, 5.74) is 3.64. The van der Waals surface area contributed by atoms with Gasteiger partial charge in [0.05, 0.1) is 17.2 Å². The summed E-state index contributed by atoms with van der Waals surface area (Å²) in [6, 6.07) is 15.4. The molecule has 0 unspecified atom stereocenters. The standard InChI is InChI=1S/C26H26FN5O3.C2H4O2/c27-20-9-11-32(12-10-20)23-8-4-17(13-19(23)15-28)25-30-24(31-35-25)16-1-5-21(6-2-16)29-22-7-3-18(14-22)26(33)34;1-2(3)4/h1-2,4-6,8,13,18,20,22,29H,3,7,9-12,14H2,(H,33,34);1H3,(H,3,4)/t18-,22+;/m0./s1. The molecule has 11 heteroatoms. The molecule has 3 N–H and O–H groups in total. The van der Waals surface area contributed by atoms with Crippen molar-refractivity contribution in [2.45, 2.75) is 51.2 Å². The second kappa shape index (κ2) is 12.4. The fraction of sp³-hybridized carbons (Fsp3) is 0.393. The molecule has 1 saturated heterocycles. The molecule has 3 aromatic rings. The number of rotatable bonds is 6. The summed E-state index contributed by atoms with van der Waals surface area (Å²) in [6.07, 6.45) is 2.33. The van der Waals surface area contributed by atoms with Crippen LogP contribution >= 0.6 is 0 Å². The van der Waals surface area contributed by atoms with E-state index < -0.39 is 18.1 Å². The summed E-state index contributed by atoms with van der Waals surface area (Å²) < 4.78 is 19.0. The predicted molar refractivity (Wildman–Crippen MR) is 142 cm³/mol. The van der Waals surface area contributed by atoms with Crippen molar-refractivity contribution in [1.82, 2.24) is 10.1 Å². The van der Waals surface area contributed by atoms with E-state index in [2.05, 4.69) is 21.5 Å². The number of hydrogen-bond donors (Lipinski definition) is 3. The Kier molecular flexibility index (Phi) is 8.76. The van der Waals surface area contributed by atoms with Gasteiger partial charge in [0.2, 0.25) is 5.82 Å². The Bertz CT molecular complexity index is 1340.